The summed E-state index contributed by atoms with van der Waals surface area (Å²) in [6.07, 6.45) is 0. The van der Waals surface area contributed by atoms with Gasteiger partial charge < -0.3 is 20.6 Å². The first-order valence-corrected chi connectivity index (χ1v) is 27.4. The van der Waals surface area contributed by atoms with E-state index in [4.69, 9.17) is 20.6 Å². The van der Waals surface area contributed by atoms with E-state index in [1.54, 1.807) is 0 Å². The van der Waals surface area contributed by atoms with Gasteiger partial charge >= 0.3 is 37.1 Å². The third-order valence-corrected chi connectivity index (χ3v) is 23.3. The topological polar surface area (TPSA) is 46.2 Å². The number of hydrogen-bond acceptors (Lipinski definition) is 5. The van der Waals surface area contributed by atoms with Crippen molar-refractivity contribution in [2.45, 2.75) is 0 Å². The molecule has 0 aromatic heterocycles. The van der Waals surface area contributed by atoms with Crippen LogP contribution in [0, 0.1) is 0 Å². The van der Waals surface area contributed by atoms with Crippen LogP contribution in [-0.4, -0.2) is 55.2 Å². The summed E-state index contributed by atoms with van der Waals surface area (Å²) in [5.74, 6) is 0. The van der Waals surface area contributed by atoms with Gasteiger partial charge in [0.05, 0.1) is 0 Å². The molecule has 0 unspecified atom stereocenters. The molecule has 0 saturated heterocycles. The van der Waals surface area contributed by atoms with Crippen LogP contribution in [0.5, 0.6) is 0 Å². The van der Waals surface area contributed by atoms with Gasteiger partial charge in [0.2, 0.25) is 0 Å². The van der Waals surface area contributed by atoms with Gasteiger partial charge in [0.15, 0.2) is 0 Å². The van der Waals surface area contributed by atoms with E-state index in [1.807, 2.05) is 97.1 Å². The molecular weight excluding hydrogens is 825 g/mol. The summed E-state index contributed by atoms with van der Waals surface area (Å²) in [5, 5.41) is 8.58. The molecule has 0 heterocycles. The maximum Gasteiger partial charge on any atom is 0.405 e. The fraction of sp³-hybridized carbons (Fsp3) is 0. The zero-order chi connectivity index (χ0) is 39.9. The van der Waals surface area contributed by atoms with E-state index in [2.05, 4.69) is 146 Å². The van der Waals surface area contributed by atoms with Crippen LogP contribution < -0.4 is 41.5 Å². The van der Waals surface area contributed by atoms with Crippen molar-refractivity contribution in [3.63, 3.8) is 0 Å². The summed E-state index contributed by atoms with van der Waals surface area (Å²) in [6, 6.07) is 83.3. The summed E-state index contributed by atoms with van der Waals surface area (Å²) in [7, 11) is -12.3. The van der Waals surface area contributed by atoms with E-state index >= 15 is 0 Å². The van der Waals surface area contributed by atoms with Crippen molar-refractivity contribution < 1.29 is 20.6 Å². The first-order valence-electron chi connectivity index (χ1n) is 19.3. The third-order valence-electron chi connectivity index (χ3n) is 9.13. The highest BCUT2D eigenvalue weighted by Gasteiger charge is 2.39. The minimum absolute atomic E-state index is 0.975. The molecule has 11 heteroatoms. The van der Waals surface area contributed by atoms with Gasteiger partial charge in [-0.3, -0.25) is 0 Å². The van der Waals surface area contributed by atoms with E-state index in [0.29, 0.717) is 0 Å². The van der Waals surface area contributed by atoms with Crippen LogP contribution in [0.25, 0.3) is 0 Å². The Bertz CT molecular complexity index is 2140. The van der Waals surface area contributed by atoms with Gasteiger partial charge in [-0.1, -0.05) is 243 Å². The third kappa shape index (κ3) is 11.1. The fourth-order valence-corrected chi connectivity index (χ4v) is 22.1. The van der Waals surface area contributed by atoms with E-state index in [9.17, 15) is 0 Å². The second kappa shape index (κ2) is 21.2. The molecule has 0 atom stereocenters. The maximum absolute atomic E-state index is 7.39. The molecule has 59 heavy (non-hydrogen) atoms. The van der Waals surface area contributed by atoms with Crippen LogP contribution in [0.2, 0.25) is 0 Å². The molecule has 286 valence electrons. The molecule has 8 aromatic carbocycles. The maximum atomic E-state index is 7.39. The minimum Gasteiger partial charge on any atom is -0.424 e. The molecule has 5 nitrogen and oxygen atoms in total. The lowest BCUT2D eigenvalue weighted by Gasteiger charge is -2.29. The summed E-state index contributed by atoms with van der Waals surface area (Å²) < 4.78 is 36.8. The Morgan fingerprint density at radius 1 is 0.169 bits per heavy atom. The number of rotatable bonds is 18. The lowest BCUT2D eigenvalue weighted by atomic mass is 10.4. The molecule has 8 aromatic rings. The molecule has 0 N–H and O–H groups in total. The van der Waals surface area contributed by atoms with Crippen molar-refractivity contribution in [2.75, 3.05) is 0 Å². The Hall–Kier alpha value is -5.14. The number of benzene rings is 8. The van der Waals surface area contributed by atoms with Crippen LogP contribution in [0.3, 0.4) is 0 Å². The molecular formula is C48H40O5Si6. The highest BCUT2D eigenvalue weighted by atomic mass is 28.5. The highest BCUT2D eigenvalue weighted by Crippen LogP contribution is 2.09. The smallest absolute Gasteiger partial charge is 0.405 e. The highest BCUT2D eigenvalue weighted by molar-refractivity contribution is 6.90. The van der Waals surface area contributed by atoms with Gasteiger partial charge in [0.25, 0.3) is 18.1 Å². The largest absolute Gasteiger partial charge is 0.424 e. The van der Waals surface area contributed by atoms with Gasteiger partial charge in [-0.25, -0.2) is 0 Å². The number of hydrogen-bond donors (Lipinski definition) is 0. The molecule has 0 saturated carbocycles. The Labute approximate surface area is 357 Å². The minimum atomic E-state index is -2.25. The lowest BCUT2D eigenvalue weighted by Crippen LogP contribution is -2.59. The van der Waals surface area contributed by atoms with Crippen molar-refractivity contribution in [1.82, 2.24) is 0 Å². The Balaban J connectivity index is 1.18. The molecule has 0 aliphatic heterocycles. The molecule has 0 aliphatic carbocycles. The van der Waals surface area contributed by atoms with Gasteiger partial charge in [0, 0.05) is 0 Å². The van der Waals surface area contributed by atoms with Crippen molar-refractivity contribution >= 4 is 96.7 Å². The van der Waals surface area contributed by atoms with Crippen LogP contribution in [0.1, 0.15) is 0 Å². The molecule has 0 bridgehead atoms. The van der Waals surface area contributed by atoms with Gasteiger partial charge in [0.1, 0.15) is 0 Å². The Kier molecular flexibility index (Phi) is 14.6. The SMILES string of the molecule is c1ccc([Si](O[Si](O[Si](O[Si](c2ccccc2)c2ccccc2)c2ccccc2)c2ccccc2)O[Si](O[Si](c2ccccc2)c2ccccc2)c2ccccc2)cc1. The molecule has 8 rings (SSSR count). The molecule has 0 fully saturated rings. The van der Waals surface area contributed by atoms with Gasteiger partial charge in [-0.2, -0.15) is 0 Å². The van der Waals surface area contributed by atoms with E-state index in [-0.39, 0.29) is 0 Å². The molecule has 0 spiro atoms. The van der Waals surface area contributed by atoms with Crippen molar-refractivity contribution in [3.8, 4) is 0 Å². The van der Waals surface area contributed by atoms with Gasteiger partial charge in [-0.15, -0.1) is 0 Å². The van der Waals surface area contributed by atoms with Gasteiger partial charge in [-0.05, 0) is 41.5 Å². The Morgan fingerprint density at radius 2 is 0.322 bits per heavy atom. The van der Waals surface area contributed by atoms with Crippen LogP contribution in [-0.2, 0) is 20.6 Å². The average Bonchev–Trinajstić information content (AvgIpc) is 3.33. The first-order chi connectivity index (χ1) is 29.3. The second-order valence-electron chi connectivity index (χ2n) is 13.2. The van der Waals surface area contributed by atoms with Crippen molar-refractivity contribution in [2.24, 2.45) is 0 Å². The van der Waals surface area contributed by atoms with Crippen LogP contribution in [0.15, 0.2) is 243 Å². The summed E-state index contributed by atoms with van der Waals surface area (Å²) in [6.45, 7) is 0. The van der Waals surface area contributed by atoms with Crippen LogP contribution >= 0.6 is 0 Å². The average molecular weight is 865 g/mol. The van der Waals surface area contributed by atoms with E-state index in [0.717, 1.165) is 41.5 Å². The monoisotopic (exact) mass is 864 g/mol. The standard InChI is InChI=1S/C48H40O5Si6/c1-9-25-41(26-10-1)54(42-27-11-2-12-28-42)49-56(45-33-17-5-18-34-45)51-58(47-37-21-7-22-38-47)53-59(48-39-23-8-24-40-48)52-57(46-35-19-6-20-36-46)50-55(43-29-13-3-14-30-43)44-31-15-4-16-32-44/h1-40H. The summed E-state index contributed by atoms with van der Waals surface area (Å²) >= 11 is 0. The zero-order valence-corrected chi connectivity index (χ0v) is 38.1. The zero-order valence-electron chi connectivity index (χ0n) is 32.1. The summed E-state index contributed by atoms with van der Waals surface area (Å²) in [4.78, 5) is 0. The molecule has 0 aliphatic rings. The predicted molar refractivity (Wildman–Crippen MR) is 249 cm³/mol. The second-order valence-corrected chi connectivity index (χ2v) is 25.6. The predicted octanol–water partition coefficient (Wildman–Crippen LogP) is 4.26. The molecule has 0 amide bonds. The normalized spacial score (nSPS) is 11.6. The van der Waals surface area contributed by atoms with Crippen molar-refractivity contribution in [1.29, 1.82) is 0 Å². The quantitative estimate of drug-likeness (QED) is 0.121. The Morgan fingerprint density at radius 3 is 0.508 bits per heavy atom. The fourth-order valence-electron chi connectivity index (χ4n) is 6.22. The summed E-state index contributed by atoms with van der Waals surface area (Å²) in [5.41, 5.74) is 0. The van der Waals surface area contributed by atoms with Crippen LogP contribution in [0.4, 0.5) is 0 Å². The van der Waals surface area contributed by atoms with E-state index in [1.165, 1.54) is 0 Å². The molecule has 6 radical (unpaired) electrons. The van der Waals surface area contributed by atoms with E-state index < -0.39 is 55.2 Å². The van der Waals surface area contributed by atoms with Crippen molar-refractivity contribution in [3.05, 3.63) is 243 Å². The lowest BCUT2D eigenvalue weighted by molar-refractivity contribution is 0.352. The first kappa shape index (κ1) is 40.6.